The van der Waals surface area contributed by atoms with Gasteiger partial charge in [0.15, 0.2) is 0 Å². The first-order valence-corrected chi connectivity index (χ1v) is 7.07. The van der Waals surface area contributed by atoms with E-state index in [0.717, 1.165) is 39.0 Å². The van der Waals surface area contributed by atoms with Gasteiger partial charge in [0.2, 0.25) is 5.91 Å². The fourth-order valence-electron chi connectivity index (χ4n) is 2.66. The predicted octanol–water partition coefficient (Wildman–Crippen LogP) is 1.25. The molecule has 2 rings (SSSR count). The summed E-state index contributed by atoms with van der Waals surface area (Å²) >= 11 is 0. The van der Waals surface area contributed by atoms with E-state index >= 15 is 0 Å². The van der Waals surface area contributed by atoms with Gasteiger partial charge in [0, 0.05) is 31.9 Å². The first kappa shape index (κ1) is 13.9. The zero-order valence-corrected chi connectivity index (χ0v) is 11.6. The molecule has 0 aromatic heterocycles. The van der Waals surface area contributed by atoms with Crippen LogP contribution >= 0.6 is 0 Å². The molecule has 0 spiro atoms. The monoisotopic (exact) mass is 261 g/mol. The molecule has 1 amide bonds. The van der Waals surface area contributed by atoms with Crippen molar-refractivity contribution in [3.05, 3.63) is 29.8 Å². The number of hydrogen-bond donors (Lipinski definition) is 1. The predicted molar refractivity (Wildman–Crippen MR) is 78.3 cm³/mol. The fourth-order valence-corrected chi connectivity index (χ4v) is 2.66. The third-order valence-corrected chi connectivity index (χ3v) is 3.74. The molecule has 4 nitrogen and oxygen atoms in total. The van der Waals surface area contributed by atoms with E-state index in [2.05, 4.69) is 36.1 Å². The second-order valence-corrected chi connectivity index (χ2v) is 4.91. The number of carbonyl (C=O) groups excluding carboxylic acids is 1. The SMILES string of the molecule is CCc1ccccc1N1CCCN(C(=O)CN)CC1. The molecule has 0 bridgehead atoms. The molecule has 0 saturated carbocycles. The van der Waals surface area contributed by atoms with Gasteiger partial charge in [-0.3, -0.25) is 4.79 Å². The number of benzene rings is 1. The number of para-hydroxylation sites is 1. The zero-order valence-electron chi connectivity index (χ0n) is 11.6. The number of nitrogens with zero attached hydrogens (tertiary/aromatic N) is 2. The highest BCUT2D eigenvalue weighted by molar-refractivity contribution is 5.78. The summed E-state index contributed by atoms with van der Waals surface area (Å²) in [6.45, 7) is 5.79. The second kappa shape index (κ2) is 6.57. The molecule has 4 heteroatoms. The number of aryl methyl sites for hydroxylation is 1. The van der Waals surface area contributed by atoms with Crippen molar-refractivity contribution in [3.8, 4) is 0 Å². The van der Waals surface area contributed by atoms with Crippen molar-refractivity contribution in [2.24, 2.45) is 5.73 Å². The van der Waals surface area contributed by atoms with Crippen LogP contribution in [-0.2, 0) is 11.2 Å². The minimum Gasteiger partial charge on any atom is -0.369 e. The summed E-state index contributed by atoms with van der Waals surface area (Å²) in [6.07, 6.45) is 2.04. The zero-order chi connectivity index (χ0) is 13.7. The highest BCUT2D eigenvalue weighted by Crippen LogP contribution is 2.22. The van der Waals surface area contributed by atoms with Gasteiger partial charge in [0.25, 0.3) is 0 Å². The molecule has 0 aliphatic carbocycles. The Morgan fingerprint density at radius 1 is 1.21 bits per heavy atom. The van der Waals surface area contributed by atoms with E-state index < -0.39 is 0 Å². The van der Waals surface area contributed by atoms with E-state index in [4.69, 9.17) is 5.73 Å². The average molecular weight is 261 g/mol. The van der Waals surface area contributed by atoms with Crippen molar-refractivity contribution < 1.29 is 4.79 Å². The van der Waals surface area contributed by atoms with Crippen molar-refractivity contribution in [1.29, 1.82) is 0 Å². The molecule has 1 heterocycles. The Hall–Kier alpha value is -1.55. The Kier molecular flexibility index (Phi) is 4.80. The van der Waals surface area contributed by atoms with Crippen molar-refractivity contribution in [2.75, 3.05) is 37.6 Å². The highest BCUT2D eigenvalue weighted by atomic mass is 16.2. The smallest absolute Gasteiger partial charge is 0.236 e. The number of carbonyl (C=O) groups is 1. The number of anilines is 1. The number of amides is 1. The van der Waals surface area contributed by atoms with Crippen LogP contribution in [0.25, 0.3) is 0 Å². The van der Waals surface area contributed by atoms with Crippen LogP contribution in [0, 0.1) is 0 Å². The van der Waals surface area contributed by atoms with Crippen LogP contribution in [0.1, 0.15) is 18.9 Å². The molecule has 1 aromatic rings. The van der Waals surface area contributed by atoms with Crippen LogP contribution in [0.3, 0.4) is 0 Å². The van der Waals surface area contributed by atoms with E-state index in [1.54, 1.807) is 0 Å². The van der Waals surface area contributed by atoms with Crippen LogP contribution in [-0.4, -0.2) is 43.5 Å². The lowest BCUT2D eigenvalue weighted by Crippen LogP contribution is -2.38. The number of hydrogen-bond acceptors (Lipinski definition) is 3. The Morgan fingerprint density at radius 3 is 2.74 bits per heavy atom. The Balaban J connectivity index is 2.08. The van der Waals surface area contributed by atoms with E-state index in [-0.39, 0.29) is 12.5 Å². The van der Waals surface area contributed by atoms with Gasteiger partial charge in [0.05, 0.1) is 6.54 Å². The normalized spacial score (nSPS) is 16.3. The maximum absolute atomic E-state index is 11.7. The summed E-state index contributed by atoms with van der Waals surface area (Å²) in [5.74, 6) is 0.0608. The van der Waals surface area contributed by atoms with Crippen molar-refractivity contribution >= 4 is 11.6 Å². The minimum absolute atomic E-state index is 0.0608. The largest absolute Gasteiger partial charge is 0.369 e. The first-order valence-electron chi connectivity index (χ1n) is 7.07. The summed E-state index contributed by atoms with van der Waals surface area (Å²) in [5.41, 5.74) is 8.13. The lowest BCUT2D eigenvalue weighted by atomic mass is 10.1. The first-order chi connectivity index (χ1) is 9.26. The van der Waals surface area contributed by atoms with Crippen molar-refractivity contribution in [2.45, 2.75) is 19.8 Å². The summed E-state index contributed by atoms with van der Waals surface area (Å²) in [4.78, 5) is 15.9. The van der Waals surface area contributed by atoms with Gasteiger partial charge >= 0.3 is 0 Å². The molecule has 19 heavy (non-hydrogen) atoms. The summed E-state index contributed by atoms with van der Waals surface area (Å²) < 4.78 is 0. The number of rotatable bonds is 3. The summed E-state index contributed by atoms with van der Waals surface area (Å²) in [5, 5.41) is 0. The standard InChI is InChI=1S/C15H23N3O/c1-2-13-6-3-4-7-14(13)17-8-5-9-18(11-10-17)15(19)12-16/h3-4,6-7H,2,5,8-12,16H2,1H3. The van der Waals surface area contributed by atoms with Crippen LogP contribution < -0.4 is 10.6 Å². The van der Waals surface area contributed by atoms with E-state index in [1.165, 1.54) is 11.3 Å². The lowest BCUT2D eigenvalue weighted by Gasteiger charge is -2.25. The molecule has 1 aliphatic rings. The minimum atomic E-state index is 0.0608. The van der Waals surface area contributed by atoms with Gasteiger partial charge in [-0.15, -0.1) is 0 Å². The van der Waals surface area contributed by atoms with E-state index in [1.807, 2.05) is 4.90 Å². The van der Waals surface area contributed by atoms with Gasteiger partial charge < -0.3 is 15.5 Å². The molecule has 0 radical (unpaired) electrons. The van der Waals surface area contributed by atoms with E-state index in [9.17, 15) is 4.79 Å². The van der Waals surface area contributed by atoms with Crippen LogP contribution in [0.15, 0.2) is 24.3 Å². The van der Waals surface area contributed by atoms with Gasteiger partial charge in [-0.25, -0.2) is 0 Å². The van der Waals surface area contributed by atoms with Gasteiger partial charge in [-0.05, 0) is 24.5 Å². The van der Waals surface area contributed by atoms with Crippen molar-refractivity contribution in [1.82, 2.24) is 4.90 Å². The molecular weight excluding hydrogens is 238 g/mol. The summed E-state index contributed by atoms with van der Waals surface area (Å²) in [6, 6.07) is 8.54. The lowest BCUT2D eigenvalue weighted by molar-refractivity contribution is -0.129. The molecule has 0 atom stereocenters. The van der Waals surface area contributed by atoms with Crippen molar-refractivity contribution in [3.63, 3.8) is 0 Å². The van der Waals surface area contributed by atoms with Gasteiger partial charge in [-0.2, -0.15) is 0 Å². The highest BCUT2D eigenvalue weighted by Gasteiger charge is 2.19. The quantitative estimate of drug-likeness (QED) is 0.891. The number of nitrogens with two attached hydrogens (primary N) is 1. The molecule has 2 N–H and O–H groups in total. The molecule has 1 aromatic carbocycles. The van der Waals surface area contributed by atoms with Crippen LogP contribution in [0.4, 0.5) is 5.69 Å². The van der Waals surface area contributed by atoms with Crippen LogP contribution in [0.5, 0.6) is 0 Å². The Morgan fingerprint density at radius 2 is 2.00 bits per heavy atom. The molecule has 104 valence electrons. The van der Waals surface area contributed by atoms with E-state index in [0.29, 0.717) is 0 Å². The molecule has 1 saturated heterocycles. The molecular formula is C15H23N3O. The molecule has 1 fully saturated rings. The fraction of sp³-hybridized carbons (Fsp3) is 0.533. The maximum Gasteiger partial charge on any atom is 0.236 e. The second-order valence-electron chi connectivity index (χ2n) is 4.91. The molecule has 0 unspecified atom stereocenters. The Bertz CT molecular complexity index is 433. The van der Waals surface area contributed by atoms with Crippen LogP contribution in [0.2, 0.25) is 0 Å². The average Bonchev–Trinajstić information content (AvgIpc) is 2.72. The third-order valence-electron chi connectivity index (χ3n) is 3.74. The van der Waals surface area contributed by atoms with Gasteiger partial charge in [0.1, 0.15) is 0 Å². The molecule has 1 aliphatic heterocycles. The third kappa shape index (κ3) is 3.26. The van der Waals surface area contributed by atoms with Gasteiger partial charge in [-0.1, -0.05) is 25.1 Å². The topological polar surface area (TPSA) is 49.6 Å². The maximum atomic E-state index is 11.7. The Labute approximate surface area is 115 Å². The summed E-state index contributed by atoms with van der Waals surface area (Å²) in [7, 11) is 0.